The second-order valence-electron chi connectivity index (χ2n) is 4.84. The van der Waals surface area contributed by atoms with Gasteiger partial charge >= 0.3 is 5.97 Å². The van der Waals surface area contributed by atoms with Gasteiger partial charge in [-0.05, 0) is 18.6 Å². The number of carboxylic acids is 1. The van der Waals surface area contributed by atoms with Crippen LogP contribution < -0.4 is 5.32 Å². The predicted octanol–water partition coefficient (Wildman–Crippen LogP) is 2.19. The van der Waals surface area contributed by atoms with Gasteiger partial charge in [0.2, 0.25) is 5.91 Å². The maximum absolute atomic E-state index is 11.0. The Morgan fingerprint density at radius 1 is 1.37 bits per heavy atom. The molecule has 1 amide bonds. The van der Waals surface area contributed by atoms with E-state index in [9.17, 15) is 9.59 Å². The molecular weight excluding hydrogens is 246 g/mol. The van der Waals surface area contributed by atoms with E-state index >= 15 is 0 Å². The van der Waals surface area contributed by atoms with Crippen LogP contribution in [-0.2, 0) is 22.4 Å². The van der Waals surface area contributed by atoms with Crippen molar-refractivity contribution in [2.45, 2.75) is 19.8 Å². The van der Waals surface area contributed by atoms with Crippen molar-refractivity contribution >= 4 is 28.5 Å². The lowest BCUT2D eigenvalue weighted by Gasteiger charge is -2.03. The van der Waals surface area contributed by atoms with E-state index in [1.807, 2.05) is 6.07 Å². The largest absolute Gasteiger partial charge is 0.481 e. The molecule has 0 fully saturated rings. The summed E-state index contributed by atoms with van der Waals surface area (Å²) in [5.74, 6) is -0.547. The van der Waals surface area contributed by atoms with Crippen molar-refractivity contribution in [3.63, 3.8) is 0 Å². The van der Waals surface area contributed by atoms with Crippen molar-refractivity contribution in [2.75, 3.05) is 5.32 Å². The van der Waals surface area contributed by atoms with Gasteiger partial charge < -0.3 is 14.8 Å². The zero-order chi connectivity index (χ0) is 13.6. The summed E-state index contributed by atoms with van der Waals surface area (Å²) in [4.78, 5) is 22.0. The van der Waals surface area contributed by atoms with E-state index in [1.54, 1.807) is 12.1 Å². The number of carbonyl (C=O) groups is 2. The number of amides is 1. The summed E-state index contributed by atoms with van der Waals surface area (Å²) in [5.41, 5.74) is 2.36. The molecule has 5 nitrogen and oxygen atoms in total. The summed E-state index contributed by atoms with van der Waals surface area (Å²) in [7, 11) is 0. The Balaban J connectivity index is 1.98. The lowest BCUT2D eigenvalue weighted by Crippen LogP contribution is -2.13. The van der Waals surface area contributed by atoms with Crippen LogP contribution in [0.2, 0.25) is 0 Å². The number of nitrogens with one attached hydrogen (secondary N) is 1. The van der Waals surface area contributed by atoms with Crippen molar-refractivity contribution in [1.29, 1.82) is 0 Å². The van der Waals surface area contributed by atoms with E-state index in [-0.39, 0.29) is 11.8 Å². The van der Waals surface area contributed by atoms with Crippen LogP contribution in [0, 0.1) is 5.92 Å². The Kier molecular flexibility index (Phi) is 2.55. The third-order valence-corrected chi connectivity index (χ3v) is 3.43. The van der Waals surface area contributed by atoms with Crippen LogP contribution in [0.4, 0.5) is 5.69 Å². The fourth-order valence-corrected chi connectivity index (χ4v) is 2.59. The molecule has 2 aromatic rings. The number of carbonyl (C=O) groups excluding carboxylic acids is 1. The minimum absolute atomic E-state index is 0.135. The lowest BCUT2D eigenvalue weighted by molar-refractivity contribution is -0.141. The van der Waals surface area contributed by atoms with Crippen LogP contribution in [0.25, 0.3) is 11.0 Å². The SMILES string of the molecule is CC(=O)Nc1ccc2c3c(oc2c1)CC(C(=O)O)C3. The molecule has 0 radical (unpaired) electrons. The summed E-state index contributed by atoms with van der Waals surface area (Å²) >= 11 is 0. The minimum Gasteiger partial charge on any atom is -0.481 e. The highest BCUT2D eigenvalue weighted by atomic mass is 16.4. The monoisotopic (exact) mass is 259 g/mol. The van der Waals surface area contributed by atoms with Gasteiger partial charge in [-0.2, -0.15) is 0 Å². The minimum atomic E-state index is -0.783. The number of hydrogen-bond donors (Lipinski definition) is 2. The molecule has 1 aliphatic rings. The quantitative estimate of drug-likeness (QED) is 0.866. The molecule has 0 aliphatic heterocycles. The Labute approximate surface area is 109 Å². The smallest absolute Gasteiger partial charge is 0.307 e. The fraction of sp³-hybridized carbons (Fsp3) is 0.286. The van der Waals surface area contributed by atoms with Crippen molar-refractivity contribution in [1.82, 2.24) is 0 Å². The first-order chi connectivity index (χ1) is 9.04. The molecule has 0 saturated heterocycles. The van der Waals surface area contributed by atoms with Gasteiger partial charge in [-0.15, -0.1) is 0 Å². The van der Waals surface area contributed by atoms with Crippen LogP contribution in [0.5, 0.6) is 0 Å². The van der Waals surface area contributed by atoms with Gasteiger partial charge in [0, 0.05) is 36.0 Å². The van der Waals surface area contributed by atoms with Gasteiger partial charge in [0.05, 0.1) is 5.92 Å². The number of aliphatic carboxylic acids is 1. The number of rotatable bonds is 2. The van der Waals surface area contributed by atoms with Gasteiger partial charge in [0.25, 0.3) is 0 Å². The molecule has 0 bridgehead atoms. The van der Waals surface area contributed by atoms with E-state index in [0.717, 1.165) is 16.7 Å². The molecule has 1 heterocycles. The molecule has 3 rings (SSSR count). The normalized spacial score (nSPS) is 17.4. The average molecular weight is 259 g/mol. The Morgan fingerprint density at radius 2 is 2.16 bits per heavy atom. The number of fused-ring (bicyclic) bond motifs is 3. The van der Waals surface area contributed by atoms with E-state index in [1.165, 1.54) is 6.92 Å². The summed E-state index contributed by atoms with van der Waals surface area (Å²) < 4.78 is 5.70. The number of carboxylic acid groups (broad SMARTS) is 1. The molecule has 0 spiro atoms. The summed E-state index contributed by atoms with van der Waals surface area (Å²) in [6.07, 6.45) is 0.950. The van der Waals surface area contributed by atoms with Gasteiger partial charge in [-0.3, -0.25) is 9.59 Å². The van der Waals surface area contributed by atoms with Crippen molar-refractivity contribution < 1.29 is 19.1 Å². The second-order valence-corrected chi connectivity index (χ2v) is 4.84. The average Bonchev–Trinajstić information content (AvgIpc) is 2.84. The first-order valence-electron chi connectivity index (χ1n) is 6.09. The molecule has 19 heavy (non-hydrogen) atoms. The fourth-order valence-electron chi connectivity index (χ4n) is 2.59. The molecule has 1 atom stereocenters. The van der Waals surface area contributed by atoms with Crippen molar-refractivity contribution in [2.24, 2.45) is 5.92 Å². The lowest BCUT2D eigenvalue weighted by atomic mass is 10.1. The Morgan fingerprint density at radius 3 is 2.84 bits per heavy atom. The first-order valence-corrected chi connectivity index (χ1v) is 6.09. The highest BCUT2D eigenvalue weighted by Crippen LogP contribution is 2.36. The first kappa shape index (κ1) is 11.8. The van der Waals surface area contributed by atoms with E-state index in [2.05, 4.69) is 5.32 Å². The standard InChI is InChI=1S/C14H13NO4/c1-7(16)15-9-2-3-10-11-4-8(14(17)18)5-12(11)19-13(10)6-9/h2-3,6,8H,4-5H2,1H3,(H,15,16)(H,17,18). The Bertz CT molecular complexity index is 686. The zero-order valence-electron chi connectivity index (χ0n) is 10.4. The number of hydrogen-bond acceptors (Lipinski definition) is 3. The van der Waals surface area contributed by atoms with Gasteiger partial charge in [0.1, 0.15) is 11.3 Å². The number of furan rings is 1. The van der Waals surface area contributed by atoms with E-state index < -0.39 is 5.97 Å². The molecule has 98 valence electrons. The van der Waals surface area contributed by atoms with Crippen molar-refractivity contribution in [3.05, 3.63) is 29.5 Å². The molecule has 5 heteroatoms. The number of benzene rings is 1. The third kappa shape index (κ3) is 1.97. The van der Waals surface area contributed by atoms with E-state index in [0.29, 0.717) is 24.1 Å². The van der Waals surface area contributed by atoms with Crippen LogP contribution in [0.3, 0.4) is 0 Å². The van der Waals surface area contributed by atoms with Crippen LogP contribution in [0.1, 0.15) is 18.2 Å². The molecule has 1 aromatic carbocycles. The summed E-state index contributed by atoms with van der Waals surface area (Å²) in [5, 5.41) is 12.7. The van der Waals surface area contributed by atoms with Gasteiger partial charge in [-0.25, -0.2) is 0 Å². The molecule has 2 N–H and O–H groups in total. The van der Waals surface area contributed by atoms with Crippen molar-refractivity contribution in [3.8, 4) is 0 Å². The Hall–Kier alpha value is -2.30. The molecule has 1 aliphatic carbocycles. The highest BCUT2D eigenvalue weighted by Gasteiger charge is 2.31. The van der Waals surface area contributed by atoms with Crippen LogP contribution >= 0.6 is 0 Å². The molecule has 1 unspecified atom stereocenters. The van der Waals surface area contributed by atoms with Gasteiger partial charge in [0.15, 0.2) is 0 Å². The predicted molar refractivity (Wildman–Crippen MR) is 69.1 cm³/mol. The molecule has 1 aromatic heterocycles. The van der Waals surface area contributed by atoms with Gasteiger partial charge in [-0.1, -0.05) is 0 Å². The highest BCUT2D eigenvalue weighted by molar-refractivity contribution is 5.93. The maximum Gasteiger partial charge on any atom is 0.307 e. The second kappa shape index (κ2) is 4.12. The number of anilines is 1. The van der Waals surface area contributed by atoms with E-state index in [4.69, 9.17) is 9.52 Å². The zero-order valence-corrected chi connectivity index (χ0v) is 10.4. The molecule has 0 saturated carbocycles. The summed E-state index contributed by atoms with van der Waals surface area (Å²) in [6, 6.07) is 5.44. The molecular formula is C14H13NO4. The van der Waals surface area contributed by atoms with Crippen LogP contribution in [-0.4, -0.2) is 17.0 Å². The van der Waals surface area contributed by atoms with Crippen LogP contribution in [0.15, 0.2) is 22.6 Å². The maximum atomic E-state index is 11.0. The topological polar surface area (TPSA) is 79.5 Å². The third-order valence-electron chi connectivity index (χ3n) is 3.43. The summed E-state index contributed by atoms with van der Waals surface area (Å²) in [6.45, 7) is 1.45.